The van der Waals surface area contributed by atoms with E-state index < -0.39 is 4.87 Å². The number of hydrogen-bond donors (Lipinski definition) is 0. The van der Waals surface area contributed by atoms with Gasteiger partial charge >= 0.3 is 0 Å². The molecule has 0 aromatic heterocycles. The molecule has 62 valence electrons. The third kappa shape index (κ3) is 2.03. The monoisotopic (exact) mass is 174 g/mol. The summed E-state index contributed by atoms with van der Waals surface area (Å²) in [5.74, 6) is 0.127. The largest absolute Gasteiger partial charge is 0.303 e. The van der Waals surface area contributed by atoms with Gasteiger partial charge in [0.15, 0.2) is 0 Å². The molecule has 0 amide bonds. The van der Waals surface area contributed by atoms with Crippen molar-refractivity contribution in [1.82, 2.24) is 0 Å². The van der Waals surface area contributed by atoms with Crippen molar-refractivity contribution >= 4 is 24.2 Å². The first-order valence-corrected chi connectivity index (χ1v) is 4.18. The lowest BCUT2D eigenvalue weighted by Crippen LogP contribution is -2.30. The van der Waals surface area contributed by atoms with Crippen LogP contribution in [-0.2, 0) is 9.59 Å². The minimum atomic E-state index is -0.667. The van der Waals surface area contributed by atoms with Gasteiger partial charge in [-0.05, 0) is 25.7 Å². The number of carbonyl (C=O) groups is 2. The van der Waals surface area contributed by atoms with Crippen molar-refractivity contribution in [1.29, 1.82) is 0 Å². The minimum absolute atomic E-state index is 0.127. The highest BCUT2D eigenvalue weighted by Gasteiger charge is 2.32. The Morgan fingerprint density at radius 1 is 1.27 bits per heavy atom. The number of hydrogen-bond acceptors (Lipinski definition) is 2. The van der Waals surface area contributed by atoms with E-state index in [-0.39, 0.29) is 5.92 Å². The predicted molar refractivity (Wildman–Crippen MR) is 42.7 cm³/mol. The molecule has 0 bridgehead atoms. The predicted octanol–water partition coefficient (Wildman–Crippen LogP) is 1.55. The fourth-order valence-electron chi connectivity index (χ4n) is 1.37. The maximum absolute atomic E-state index is 10.5. The number of rotatable bonds is 2. The summed E-state index contributed by atoms with van der Waals surface area (Å²) in [7, 11) is 0. The van der Waals surface area contributed by atoms with Crippen LogP contribution in [0.3, 0.4) is 0 Å². The van der Waals surface area contributed by atoms with Gasteiger partial charge in [-0.3, -0.25) is 0 Å². The molecule has 1 rings (SSSR count). The molecule has 0 radical (unpaired) electrons. The third-order valence-corrected chi connectivity index (χ3v) is 2.73. The van der Waals surface area contributed by atoms with Gasteiger partial charge in [-0.25, -0.2) is 0 Å². The van der Waals surface area contributed by atoms with E-state index in [2.05, 4.69) is 0 Å². The molecule has 0 aromatic carbocycles. The van der Waals surface area contributed by atoms with Gasteiger partial charge in [0.2, 0.25) is 0 Å². The van der Waals surface area contributed by atoms with Crippen LogP contribution >= 0.6 is 11.6 Å². The number of halogens is 1. The molecule has 1 aliphatic carbocycles. The quantitative estimate of drug-likeness (QED) is 0.470. The minimum Gasteiger partial charge on any atom is -0.303 e. The fourth-order valence-corrected chi connectivity index (χ4v) is 1.59. The van der Waals surface area contributed by atoms with Crippen LogP contribution < -0.4 is 0 Å². The lowest BCUT2D eigenvalue weighted by Gasteiger charge is -2.28. The van der Waals surface area contributed by atoms with Crippen LogP contribution in [0.5, 0.6) is 0 Å². The number of carbonyl (C=O) groups excluding carboxylic acids is 2. The van der Waals surface area contributed by atoms with Crippen molar-refractivity contribution in [3.63, 3.8) is 0 Å². The van der Waals surface area contributed by atoms with E-state index in [1.165, 1.54) is 0 Å². The molecule has 11 heavy (non-hydrogen) atoms. The van der Waals surface area contributed by atoms with E-state index in [0.717, 1.165) is 25.4 Å². The maximum atomic E-state index is 10.5. The van der Waals surface area contributed by atoms with Gasteiger partial charge in [-0.1, -0.05) is 0 Å². The summed E-state index contributed by atoms with van der Waals surface area (Å²) in [6, 6.07) is 0. The first kappa shape index (κ1) is 8.72. The molecule has 0 heterocycles. The molecule has 0 spiro atoms. The molecular weight excluding hydrogens is 164 g/mol. The highest BCUT2D eigenvalue weighted by Crippen LogP contribution is 2.34. The average Bonchev–Trinajstić information content (AvgIpc) is 2.06. The maximum Gasteiger partial charge on any atom is 0.140 e. The van der Waals surface area contributed by atoms with Gasteiger partial charge in [0, 0.05) is 5.92 Å². The molecule has 0 unspecified atom stereocenters. The van der Waals surface area contributed by atoms with Crippen molar-refractivity contribution in [2.75, 3.05) is 0 Å². The Morgan fingerprint density at radius 3 is 2.18 bits per heavy atom. The first-order valence-electron chi connectivity index (χ1n) is 3.81. The Labute approximate surface area is 70.9 Å². The lowest BCUT2D eigenvalue weighted by atomic mass is 9.83. The third-order valence-electron chi connectivity index (χ3n) is 2.27. The summed E-state index contributed by atoms with van der Waals surface area (Å²) >= 11 is 5.90. The van der Waals surface area contributed by atoms with Gasteiger partial charge in [0.1, 0.15) is 12.6 Å². The number of alkyl halides is 1. The zero-order valence-corrected chi connectivity index (χ0v) is 7.01. The van der Waals surface area contributed by atoms with Crippen LogP contribution in [0, 0.1) is 5.92 Å². The van der Waals surface area contributed by atoms with E-state index in [1.807, 2.05) is 0 Å². The van der Waals surface area contributed by atoms with Crippen molar-refractivity contribution in [2.45, 2.75) is 30.6 Å². The molecule has 2 nitrogen and oxygen atoms in total. The Bertz CT molecular complexity index is 159. The summed E-state index contributed by atoms with van der Waals surface area (Å²) in [6.45, 7) is 0. The molecule has 0 aromatic rings. The summed E-state index contributed by atoms with van der Waals surface area (Å²) in [5.41, 5.74) is 0. The van der Waals surface area contributed by atoms with Gasteiger partial charge in [0.25, 0.3) is 0 Å². The van der Waals surface area contributed by atoms with Crippen LogP contribution in [0.15, 0.2) is 0 Å². The van der Waals surface area contributed by atoms with E-state index in [0.29, 0.717) is 12.8 Å². The highest BCUT2D eigenvalue weighted by atomic mass is 35.5. The van der Waals surface area contributed by atoms with Crippen molar-refractivity contribution in [3.8, 4) is 0 Å². The second kappa shape index (κ2) is 3.35. The zero-order valence-electron chi connectivity index (χ0n) is 6.25. The van der Waals surface area contributed by atoms with Crippen molar-refractivity contribution in [2.24, 2.45) is 5.92 Å². The number of aldehydes is 2. The molecule has 3 heteroatoms. The van der Waals surface area contributed by atoms with Crippen LogP contribution in [0.4, 0.5) is 0 Å². The van der Waals surface area contributed by atoms with Gasteiger partial charge in [-0.2, -0.15) is 0 Å². The first-order chi connectivity index (χ1) is 5.20. The van der Waals surface area contributed by atoms with Gasteiger partial charge < -0.3 is 9.59 Å². The Hall–Kier alpha value is -0.370. The van der Waals surface area contributed by atoms with E-state index in [9.17, 15) is 9.59 Å². The smallest absolute Gasteiger partial charge is 0.140 e. The van der Waals surface area contributed by atoms with Gasteiger partial charge in [0.05, 0.1) is 4.87 Å². The van der Waals surface area contributed by atoms with Crippen LogP contribution in [0.2, 0.25) is 0 Å². The Balaban J connectivity index is 2.46. The Kier molecular flexibility index (Phi) is 2.66. The second-order valence-corrected chi connectivity index (χ2v) is 3.88. The molecule has 0 saturated heterocycles. The summed E-state index contributed by atoms with van der Waals surface area (Å²) < 4.78 is 0. The summed E-state index contributed by atoms with van der Waals surface area (Å²) in [6.07, 6.45) is 4.55. The molecule has 1 aliphatic rings. The van der Waals surface area contributed by atoms with E-state index >= 15 is 0 Å². The molecule has 0 atom stereocenters. The van der Waals surface area contributed by atoms with E-state index in [4.69, 9.17) is 11.6 Å². The molecule has 1 fully saturated rings. The van der Waals surface area contributed by atoms with E-state index in [1.54, 1.807) is 0 Å². The van der Waals surface area contributed by atoms with Crippen molar-refractivity contribution in [3.05, 3.63) is 0 Å². The molecule has 0 N–H and O–H groups in total. The van der Waals surface area contributed by atoms with Crippen LogP contribution in [0.1, 0.15) is 25.7 Å². The van der Waals surface area contributed by atoms with Crippen LogP contribution in [-0.4, -0.2) is 17.4 Å². The molecule has 1 saturated carbocycles. The topological polar surface area (TPSA) is 34.1 Å². The SMILES string of the molecule is O=CC1CCC(Cl)(C=O)CC1. The Morgan fingerprint density at radius 2 is 1.82 bits per heavy atom. The summed E-state index contributed by atoms with van der Waals surface area (Å²) in [5, 5.41) is 0. The lowest BCUT2D eigenvalue weighted by molar-refractivity contribution is -0.114. The average molecular weight is 175 g/mol. The fraction of sp³-hybridized carbons (Fsp3) is 0.750. The van der Waals surface area contributed by atoms with Gasteiger partial charge in [-0.15, -0.1) is 11.6 Å². The highest BCUT2D eigenvalue weighted by molar-refractivity contribution is 6.31. The zero-order chi connectivity index (χ0) is 8.32. The van der Waals surface area contributed by atoms with Crippen LogP contribution in [0.25, 0.3) is 0 Å². The standard InChI is InChI=1S/C8H11ClO2/c9-8(6-11)3-1-7(5-10)2-4-8/h5-7H,1-4H2. The van der Waals surface area contributed by atoms with Crippen molar-refractivity contribution < 1.29 is 9.59 Å². The normalized spacial score (nSPS) is 38.1. The second-order valence-electron chi connectivity index (χ2n) is 3.13. The summed E-state index contributed by atoms with van der Waals surface area (Å²) in [4.78, 5) is 20.1. The molecule has 0 aliphatic heterocycles. The molecular formula is C8H11ClO2.